The molecule has 2 aromatic carbocycles. The second-order valence-electron chi connectivity index (χ2n) is 7.48. The molecule has 8 heteroatoms. The van der Waals surface area contributed by atoms with Gasteiger partial charge in [-0.2, -0.15) is 5.10 Å². The van der Waals surface area contributed by atoms with Crippen LogP contribution in [0.4, 0.5) is 10.6 Å². The van der Waals surface area contributed by atoms with Gasteiger partial charge in [0.25, 0.3) is 0 Å². The van der Waals surface area contributed by atoms with Crippen LogP contribution < -0.4 is 10.1 Å². The lowest BCUT2D eigenvalue weighted by atomic mass is 9.82. The lowest BCUT2D eigenvalue weighted by Gasteiger charge is -2.29. The average molecular weight is 466 g/mol. The third-order valence-electron chi connectivity index (χ3n) is 5.32. The zero-order valence-corrected chi connectivity index (χ0v) is 19.1. The number of aromatic nitrogens is 2. The normalized spacial score (nSPS) is 14.9. The Balaban J connectivity index is 1.84. The van der Waals surface area contributed by atoms with E-state index in [-0.39, 0.29) is 6.61 Å². The molecule has 1 atom stereocenters. The summed E-state index contributed by atoms with van der Waals surface area (Å²) in [6, 6.07) is 16.1. The standard InChI is InChI=1S/C25H24ClN3O4/c1-3-10-20-22(24(30)32-4-2)21(17-13-8-9-14-19(17)26)18-15-27-29(23(18)28-20)25(31)33-16-11-6-5-7-12-16/h5-9,11-15,21,28H,3-4,10H2,1-2H3. The number of rotatable bonds is 6. The monoisotopic (exact) mass is 465 g/mol. The highest BCUT2D eigenvalue weighted by molar-refractivity contribution is 6.31. The lowest BCUT2D eigenvalue weighted by molar-refractivity contribution is -0.138. The van der Waals surface area contributed by atoms with Crippen LogP contribution in [0.1, 0.15) is 43.7 Å². The molecule has 0 saturated heterocycles. The van der Waals surface area contributed by atoms with Gasteiger partial charge in [0.15, 0.2) is 0 Å². The third-order valence-corrected chi connectivity index (χ3v) is 5.67. The van der Waals surface area contributed by atoms with E-state index < -0.39 is 18.0 Å². The highest BCUT2D eigenvalue weighted by Gasteiger charge is 2.38. The molecule has 1 aromatic heterocycles. The Bertz CT molecular complexity index is 1200. The fourth-order valence-electron chi connectivity index (χ4n) is 3.94. The zero-order valence-electron chi connectivity index (χ0n) is 18.4. The number of anilines is 1. The number of nitrogens with zero attached hydrogens (tertiary/aromatic N) is 2. The molecule has 7 nitrogen and oxygen atoms in total. The van der Waals surface area contributed by atoms with Crippen LogP contribution in [0.2, 0.25) is 5.02 Å². The summed E-state index contributed by atoms with van der Waals surface area (Å²) in [5.41, 5.74) is 2.50. The molecule has 0 saturated carbocycles. The van der Waals surface area contributed by atoms with Gasteiger partial charge in [0.2, 0.25) is 0 Å². The molecule has 1 unspecified atom stereocenters. The van der Waals surface area contributed by atoms with Crippen molar-refractivity contribution in [2.75, 3.05) is 11.9 Å². The van der Waals surface area contributed by atoms with E-state index in [1.54, 1.807) is 43.5 Å². The fourth-order valence-corrected chi connectivity index (χ4v) is 4.18. The van der Waals surface area contributed by atoms with Crippen molar-refractivity contribution in [3.8, 4) is 5.75 Å². The Hall–Kier alpha value is -3.58. The molecule has 0 aliphatic carbocycles. The number of carbonyl (C=O) groups excluding carboxylic acids is 2. The largest absolute Gasteiger partial charge is 0.463 e. The number of hydrogen-bond donors (Lipinski definition) is 1. The van der Waals surface area contributed by atoms with Crippen molar-refractivity contribution < 1.29 is 19.1 Å². The highest BCUT2D eigenvalue weighted by Crippen LogP contribution is 2.45. The Morgan fingerprint density at radius 2 is 1.79 bits per heavy atom. The molecule has 2 heterocycles. The summed E-state index contributed by atoms with van der Waals surface area (Å²) in [7, 11) is 0. The number of halogens is 1. The number of esters is 1. The van der Waals surface area contributed by atoms with Crippen molar-refractivity contribution in [2.24, 2.45) is 0 Å². The van der Waals surface area contributed by atoms with Crippen LogP contribution in [0.5, 0.6) is 5.75 Å². The van der Waals surface area contributed by atoms with Gasteiger partial charge >= 0.3 is 12.1 Å². The van der Waals surface area contributed by atoms with E-state index in [1.165, 1.54) is 4.68 Å². The fraction of sp³-hybridized carbons (Fsp3) is 0.240. The summed E-state index contributed by atoms with van der Waals surface area (Å²) in [5, 5.41) is 8.06. The number of benzene rings is 2. The van der Waals surface area contributed by atoms with Crippen molar-refractivity contribution in [3.05, 3.63) is 88.2 Å². The van der Waals surface area contributed by atoms with Gasteiger partial charge in [-0.05, 0) is 37.1 Å². The number of ether oxygens (including phenoxy) is 2. The Kier molecular flexibility index (Phi) is 6.79. The van der Waals surface area contributed by atoms with Crippen LogP contribution in [-0.2, 0) is 9.53 Å². The minimum atomic E-state index is -0.664. The van der Waals surface area contributed by atoms with Crippen LogP contribution in [-0.4, -0.2) is 28.4 Å². The number of hydrogen-bond acceptors (Lipinski definition) is 6. The predicted molar refractivity (Wildman–Crippen MR) is 126 cm³/mol. The quantitative estimate of drug-likeness (QED) is 0.466. The molecule has 1 N–H and O–H groups in total. The molecule has 1 aliphatic heterocycles. The van der Waals surface area contributed by atoms with E-state index in [2.05, 4.69) is 10.4 Å². The molecule has 0 radical (unpaired) electrons. The molecule has 4 rings (SSSR count). The maximum absolute atomic E-state index is 13.1. The molecule has 0 amide bonds. The van der Waals surface area contributed by atoms with Crippen LogP contribution >= 0.6 is 11.6 Å². The number of nitrogens with one attached hydrogen (secondary N) is 1. The first-order valence-corrected chi connectivity index (χ1v) is 11.2. The molecule has 0 fully saturated rings. The summed E-state index contributed by atoms with van der Waals surface area (Å²) in [6.07, 6.45) is 2.25. The molecule has 170 valence electrons. The van der Waals surface area contributed by atoms with E-state index in [4.69, 9.17) is 21.1 Å². The highest BCUT2D eigenvalue weighted by atomic mass is 35.5. The molecule has 0 bridgehead atoms. The molecule has 33 heavy (non-hydrogen) atoms. The topological polar surface area (TPSA) is 82.5 Å². The van der Waals surface area contributed by atoms with Gasteiger partial charge in [-0.3, -0.25) is 0 Å². The number of fused-ring (bicyclic) bond motifs is 1. The van der Waals surface area contributed by atoms with E-state index in [0.29, 0.717) is 39.8 Å². The summed E-state index contributed by atoms with van der Waals surface area (Å²) in [6.45, 7) is 4.02. The SMILES string of the molecule is CCCC1=C(C(=O)OCC)C(c2ccccc2Cl)c2cnn(C(=O)Oc3ccccc3)c2N1. The summed E-state index contributed by atoms with van der Waals surface area (Å²) in [5.74, 6) is -0.128. The van der Waals surface area contributed by atoms with Gasteiger partial charge in [0.1, 0.15) is 11.6 Å². The van der Waals surface area contributed by atoms with Crippen molar-refractivity contribution in [1.29, 1.82) is 0 Å². The van der Waals surface area contributed by atoms with Gasteiger partial charge in [0.05, 0.1) is 18.4 Å². The van der Waals surface area contributed by atoms with Gasteiger partial charge in [-0.15, -0.1) is 4.68 Å². The van der Waals surface area contributed by atoms with Gasteiger partial charge < -0.3 is 14.8 Å². The minimum absolute atomic E-state index is 0.243. The number of carbonyl (C=O) groups is 2. The van der Waals surface area contributed by atoms with E-state index >= 15 is 0 Å². The van der Waals surface area contributed by atoms with Crippen LogP contribution in [0.3, 0.4) is 0 Å². The molecular formula is C25H24ClN3O4. The summed E-state index contributed by atoms with van der Waals surface area (Å²) < 4.78 is 12.1. The molecule has 1 aliphatic rings. The molecule has 0 spiro atoms. The average Bonchev–Trinajstić information content (AvgIpc) is 3.23. The third kappa shape index (κ3) is 4.50. The maximum atomic E-state index is 13.1. The van der Waals surface area contributed by atoms with Crippen LogP contribution in [0.25, 0.3) is 0 Å². The van der Waals surface area contributed by atoms with Crippen LogP contribution in [0, 0.1) is 0 Å². The predicted octanol–water partition coefficient (Wildman–Crippen LogP) is 5.76. The van der Waals surface area contributed by atoms with Crippen LogP contribution in [0.15, 0.2) is 72.1 Å². The first-order chi connectivity index (χ1) is 16.0. The maximum Gasteiger partial charge on any atom is 0.442 e. The zero-order chi connectivity index (χ0) is 23.4. The number of para-hydroxylation sites is 1. The van der Waals surface area contributed by atoms with Crippen molar-refractivity contribution >= 4 is 29.5 Å². The first-order valence-electron chi connectivity index (χ1n) is 10.8. The number of allylic oxidation sites excluding steroid dienone is 1. The van der Waals surface area contributed by atoms with E-state index in [9.17, 15) is 9.59 Å². The van der Waals surface area contributed by atoms with Crippen molar-refractivity contribution in [2.45, 2.75) is 32.6 Å². The van der Waals surface area contributed by atoms with Crippen molar-refractivity contribution in [1.82, 2.24) is 9.78 Å². The van der Waals surface area contributed by atoms with Gasteiger partial charge in [-0.25, -0.2) is 9.59 Å². The minimum Gasteiger partial charge on any atom is -0.463 e. The molecular weight excluding hydrogens is 442 g/mol. The molecule has 3 aromatic rings. The van der Waals surface area contributed by atoms with Crippen molar-refractivity contribution in [3.63, 3.8) is 0 Å². The Morgan fingerprint density at radius 3 is 2.48 bits per heavy atom. The second kappa shape index (κ2) is 9.92. The smallest absolute Gasteiger partial charge is 0.442 e. The van der Waals surface area contributed by atoms with Gasteiger partial charge in [-0.1, -0.05) is 61.3 Å². The lowest BCUT2D eigenvalue weighted by Crippen LogP contribution is -2.28. The summed E-state index contributed by atoms with van der Waals surface area (Å²) in [4.78, 5) is 26.0. The first kappa shape index (κ1) is 22.6. The van der Waals surface area contributed by atoms with Gasteiger partial charge in [0, 0.05) is 22.2 Å². The second-order valence-corrected chi connectivity index (χ2v) is 7.89. The van der Waals surface area contributed by atoms with E-state index in [0.717, 1.165) is 12.0 Å². The summed E-state index contributed by atoms with van der Waals surface area (Å²) >= 11 is 6.56. The Morgan fingerprint density at radius 1 is 1.06 bits per heavy atom. The Labute approximate surface area is 197 Å². The van der Waals surface area contributed by atoms with E-state index in [1.807, 2.05) is 31.2 Å².